The number of hydrogen-bond acceptors (Lipinski definition) is 6. The number of carbonyl (C=O) groups excluding carboxylic acids is 3. The van der Waals surface area contributed by atoms with Crippen LogP contribution in [0.25, 0.3) is 17.0 Å². The Morgan fingerprint density at radius 2 is 1.79 bits per heavy atom. The van der Waals surface area contributed by atoms with Gasteiger partial charge in [-0.25, -0.2) is 9.59 Å². The van der Waals surface area contributed by atoms with E-state index in [9.17, 15) is 14.4 Å². The minimum absolute atomic E-state index is 0.168. The molecule has 24 heavy (non-hydrogen) atoms. The molecule has 0 spiro atoms. The van der Waals surface area contributed by atoms with Crippen molar-refractivity contribution in [3.05, 3.63) is 35.5 Å². The average molecular weight is 331 g/mol. The Bertz CT molecular complexity index is 846. The van der Waals surface area contributed by atoms with E-state index in [1.807, 2.05) is 0 Å². The molecule has 0 aliphatic rings. The van der Waals surface area contributed by atoms with Crippen molar-refractivity contribution in [3.63, 3.8) is 0 Å². The van der Waals surface area contributed by atoms with Gasteiger partial charge in [-0.05, 0) is 24.3 Å². The molecule has 0 bridgehead atoms. The highest BCUT2D eigenvalue weighted by molar-refractivity contribution is 6.11. The smallest absolute Gasteiger partial charge is 0.340 e. The predicted octanol–water partition coefficient (Wildman–Crippen LogP) is 2.28. The van der Waals surface area contributed by atoms with Gasteiger partial charge in [0.25, 0.3) is 0 Å². The van der Waals surface area contributed by atoms with Crippen molar-refractivity contribution < 1.29 is 28.6 Å². The van der Waals surface area contributed by atoms with E-state index in [2.05, 4.69) is 4.74 Å². The van der Waals surface area contributed by atoms with Gasteiger partial charge in [0.15, 0.2) is 0 Å². The van der Waals surface area contributed by atoms with Crippen molar-refractivity contribution in [1.29, 1.82) is 0 Å². The Kier molecular flexibility index (Phi) is 5.03. The minimum atomic E-state index is -0.627. The Labute approximate surface area is 138 Å². The summed E-state index contributed by atoms with van der Waals surface area (Å²) < 4.78 is 15.9. The van der Waals surface area contributed by atoms with Gasteiger partial charge >= 0.3 is 11.9 Å². The van der Waals surface area contributed by atoms with Crippen molar-refractivity contribution in [1.82, 2.24) is 4.57 Å². The lowest BCUT2D eigenvalue weighted by molar-refractivity contribution is -0.134. The lowest BCUT2D eigenvalue weighted by atomic mass is 10.1. The molecule has 0 unspecified atom stereocenters. The summed E-state index contributed by atoms with van der Waals surface area (Å²) in [6.45, 7) is 1.36. The topological polar surface area (TPSA) is 83.8 Å². The van der Waals surface area contributed by atoms with E-state index in [0.717, 1.165) is 6.08 Å². The minimum Gasteiger partial charge on any atom is -0.497 e. The number of aromatic nitrogens is 1. The van der Waals surface area contributed by atoms with Gasteiger partial charge in [0, 0.05) is 18.4 Å². The Morgan fingerprint density at radius 1 is 1.08 bits per heavy atom. The molecule has 2 rings (SSSR count). The van der Waals surface area contributed by atoms with Crippen LogP contribution in [0.5, 0.6) is 5.75 Å². The zero-order valence-corrected chi connectivity index (χ0v) is 13.8. The summed E-state index contributed by atoms with van der Waals surface area (Å²) in [7, 11) is 3.98. The summed E-state index contributed by atoms with van der Waals surface area (Å²) in [5, 5.41) is 0.487. The van der Waals surface area contributed by atoms with Crippen LogP contribution in [-0.2, 0) is 14.3 Å². The molecule has 126 valence electrons. The molecule has 0 aliphatic carbocycles. The first-order chi connectivity index (χ1) is 11.4. The molecule has 0 N–H and O–H groups in total. The highest BCUT2D eigenvalue weighted by atomic mass is 16.5. The van der Waals surface area contributed by atoms with E-state index in [1.54, 1.807) is 18.2 Å². The Hall–Kier alpha value is -3.09. The third-order valence-corrected chi connectivity index (χ3v) is 3.49. The van der Waals surface area contributed by atoms with E-state index < -0.39 is 11.9 Å². The van der Waals surface area contributed by atoms with Gasteiger partial charge < -0.3 is 14.2 Å². The molecule has 1 aromatic heterocycles. The molecule has 7 heteroatoms. The molecule has 0 amide bonds. The molecule has 7 nitrogen and oxygen atoms in total. The maximum atomic E-state index is 12.3. The van der Waals surface area contributed by atoms with Crippen LogP contribution in [0.1, 0.15) is 27.8 Å². The van der Waals surface area contributed by atoms with Gasteiger partial charge in [0.2, 0.25) is 5.91 Å². The maximum absolute atomic E-state index is 12.3. The summed E-state index contributed by atoms with van der Waals surface area (Å²) in [5.74, 6) is -1.02. The molecular formula is C17H17NO6. The monoisotopic (exact) mass is 331 g/mol. The molecule has 0 fully saturated rings. The van der Waals surface area contributed by atoms with E-state index in [4.69, 9.17) is 9.47 Å². The predicted molar refractivity (Wildman–Crippen MR) is 87.2 cm³/mol. The molecule has 2 aromatic rings. The summed E-state index contributed by atoms with van der Waals surface area (Å²) in [5.41, 5.74) is 0.915. The second-order valence-corrected chi connectivity index (χ2v) is 4.85. The fourth-order valence-electron chi connectivity index (χ4n) is 2.45. The second-order valence-electron chi connectivity index (χ2n) is 4.85. The number of hydrogen-bond donors (Lipinski definition) is 0. The molecule has 1 heterocycles. The van der Waals surface area contributed by atoms with E-state index >= 15 is 0 Å². The number of benzene rings is 1. The standard InChI is InChI=1S/C17H17NO6/c1-10(19)18-13-6-5-11(22-2)9-12(13)16(17(21)24-4)14(18)7-8-15(20)23-3/h5-9H,1-4H3. The van der Waals surface area contributed by atoms with Gasteiger partial charge in [-0.3, -0.25) is 9.36 Å². The van der Waals surface area contributed by atoms with Gasteiger partial charge in [0.1, 0.15) is 5.75 Å². The molecule has 0 atom stereocenters. The first-order valence-corrected chi connectivity index (χ1v) is 7.02. The van der Waals surface area contributed by atoms with Crippen LogP contribution in [0.15, 0.2) is 24.3 Å². The number of esters is 2. The van der Waals surface area contributed by atoms with Gasteiger partial charge in [-0.15, -0.1) is 0 Å². The van der Waals surface area contributed by atoms with Crippen LogP contribution in [0, 0.1) is 0 Å². The molecule has 0 aliphatic heterocycles. The quantitative estimate of drug-likeness (QED) is 0.631. The Morgan fingerprint density at radius 3 is 2.33 bits per heavy atom. The summed E-state index contributed by atoms with van der Waals surface area (Å²) in [4.78, 5) is 35.8. The largest absolute Gasteiger partial charge is 0.497 e. The maximum Gasteiger partial charge on any atom is 0.340 e. The first-order valence-electron chi connectivity index (χ1n) is 7.02. The molecular weight excluding hydrogens is 314 g/mol. The van der Waals surface area contributed by atoms with Gasteiger partial charge in [-0.1, -0.05) is 0 Å². The van der Waals surface area contributed by atoms with Crippen LogP contribution in [0.3, 0.4) is 0 Å². The normalized spacial score (nSPS) is 10.8. The van der Waals surface area contributed by atoms with Crippen molar-refractivity contribution in [2.75, 3.05) is 21.3 Å². The Balaban J connectivity index is 2.87. The van der Waals surface area contributed by atoms with Gasteiger partial charge in [-0.2, -0.15) is 0 Å². The summed E-state index contributed by atoms with van der Waals surface area (Å²) in [6, 6.07) is 4.98. The zero-order valence-electron chi connectivity index (χ0n) is 13.8. The third-order valence-electron chi connectivity index (χ3n) is 3.49. The fraction of sp³-hybridized carbons (Fsp3) is 0.235. The number of fused-ring (bicyclic) bond motifs is 1. The van der Waals surface area contributed by atoms with Crippen molar-refractivity contribution >= 4 is 34.8 Å². The summed E-state index contributed by atoms with van der Waals surface area (Å²) in [6.07, 6.45) is 2.49. The zero-order chi connectivity index (χ0) is 17.9. The average Bonchev–Trinajstić information content (AvgIpc) is 2.91. The summed E-state index contributed by atoms with van der Waals surface area (Å²) >= 11 is 0. The van der Waals surface area contributed by atoms with Crippen molar-refractivity contribution in [2.24, 2.45) is 0 Å². The van der Waals surface area contributed by atoms with Crippen LogP contribution in [0.4, 0.5) is 0 Å². The lowest BCUT2D eigenvalue weighted by Gasteiger charge is -2.04. The number of nitrogens with zero attached hydrogens (tertiary/aromatic N) is 1. The van der Waals surface area contributed by atoms with E-state index in [1.165, 1.54) is 38.9 Å². The molecule has 0 saturated carbocycles. The number of carbonyl (C=O) groups is 3. The van der Waals surface area contributed by atoms with Crippen LogP contribution in [-0.4, -0.2) is 43.7 Å². The molecule has 0 saturated heterocycles. The van der Waals surface area contributed by atoms with Crippen molar-refractivity contribution in [2.45, 2.75) is 6.92 Å². The van der Waals surface area contributed by atoms with Crippen LogP contribution < -0.4 is 4.74 Å². The number of ether oxygens (including phenoxy) is 3. The van der Waals surface area contributed by atoms with Crippen LogP contribution >= 0.6 is 0 Å². The van der Waals surface area contributed by atoms with E-state index in [-0.39, 0.29) is 17.2 Å². The van der Waals surface area contributed by atoms with Crippen LogP contribution in [0.2, 0.25) is 0 Å². The fourth-order valence-corrected chi connectivity index (χ4v) is 2.45. The van der Waals surface area contributed by atoms with E-state index in [0.29, 0.717) is 16.7 Å². The second kappa shape index (κ2) is 6.99. The highest BCUT2D eigenvalue weighted by Gasteiger charge is 2.24. The van der Waals surface area contributed by atoms with Crippen molar-refractivity contribution in [3.8, 4) is 5.75 Å². The van der Waals surface area contributed by atoms with Gasteiger partial charge in [0.05, 0.1) is 38.1 Å². The number of rotatable bonds is 4. The highest BCUT2D eigenvalue weighted by Crippen LogP contribution is 2.31. The number of methoxy groups -OCH3 is 3. The lowest BCUT2D eigenvalue weighted by Crippen LogP contribution is -2.10. The SMILES string of the molecule is COC(=O)C=Cc1c(C(=O)OC)c2cc(OC)ccc2n1C(C)=O. The molecule has 1 aromatic carbocycles. The third kappa shape index (κ3) is 3.01. The first kappa shape index (κ1) is 17.3. The molecule has 0 radical (unpaired) electrons.